The van der Waals surface area contributed by atoms with E-state index in [1.54, 1.807) is 20.8 Å². The highest BCUT2D eigenvalue weighted by Gasteiger charge is 2.51. The summed E-state index contributed by atoms with van der Waals surface area (Å²) in [7, 11) is 0. The van der Waals surface area contributed by atoms with E-state index < -0.39 is 35.7 Å². The zero-order valence-electron chi connectivity index (χ0n) is 9.84. The first-order chi connectivity index (χ1) is 7.63. The predicted molar refractivity (Wildman–Crippen MR) is 55.5 cm³/mol. The van der Waals surface area contributed by atoms with Crippen LogP contribution in [0.15, 0.2) is 0 Å². The van der Waals surface area contributed by atoms with Crippen LogP contribution in [0.25, 0.3) is 0 Å². The molecule has 1 heterocycles. The van der Waals surface area contributed by atoms with E-state index in [4.69, 9.17) is 14.9 Å². The molecule has 0 spiro atoms. The van der Waals surface area contributed by atoms with E-state index in [1.807, 2.05) is 0 Å². The summed E-state index contributed by atoms with van der Waals surface area (Å²) in [5, 5.41) is 17.6. The maximum atomic E-state index is 11.6. The standard InChI is InChI=1S/C10H15NO6/c1-10(2,3)17-9(16)11-5(7(12)13)4-6(11)8(14)15/h5-6H,4H2,1-3H3,(H,12,13)(H,14,15)/t5-,6-/m1/s1. The summed E-state index contributed by atoms with van der Waals surface area (Å²) in [5.41, 5.74) is -0.793. The number of likely N-dealkylation sites (tertiary alicyclic amines) is 1. The highest BCUT2D eigenvalue weighted by molar-refractivity contribution is 5.89. The Morgan fingerprint density at radius 3 is 1.82 bits per heavy atom. The second-order valence-electron chi connectivity index (χ2n) is 4.83. The molecular weight excluding hydrogens is 230 g/mol. The van der Waals surface area contributed by atoms with Crippen LogP contribution in [0.4, 0.5) is 4.79 Å². The summed E-state index contributed by atoms with van der Waals surface area (Å²) in [4.78, 5) is 34.0. The van der Waals surface area contributed by atoms with Gasteiger partial charge in [-0.05, 0) is 20.8 Å². The lowest BCUT2D eigenvalue weighted by molar-refractivity contribution is -0.161. The van der Waals surface area contributed by atoms with E-state index in [9.17, 15) is 14.4 Å². The molecule has 2 atom stereocenters. The van der Waals surface area contributed by atoms with Gasteiger partial charge in [0, 0.05) is 6.42 Å². The molecule has 17 heavy (non-hydrogen) atoms. The maximum absolute atomic E-state index is 11.6. The molecule has 7 nitrogen and oxygen atoms in total. The van der Waals surface area contributed by atoms with E-state index in [0.717, 1.165) is 4.90 Å². The van der Waals surface area contributed by atoms with Crippen molar-refractivity contribution in [2.75, 3.05) is 0 Å². The van der Waals surface area contributed by atoms with Crippen molar-refractivity contribution in [2.45, 2.75) is 44.9 Å². The van der Waals surface area contributed by atoms with Crippen molar-refractivity contribution >= 4 is 18.0 Å². The topological polar surface area (TPSA) is 104 Å². The summed E-state index contributed by atoms with van der Waals surface area (Å²) in [6.07, 6.45) is -1.01. The number of rotatable bonds is 2. The Morgan fingerprint density at radius 2 is 1.53 bits per heavy atom. The van der Waals surface area contributed by atoms with E-state index in [0.29, 0.717) is 0 Å². The van der Waals surface area contributed by atoms with E-state index >= 15 is 0 Å². The van der Waals surface area contributed by atoms with Crippen LogP contribution in [0.5, 0.6) is 0 Å². The minimum absolute atomic E-state index is 0.0933. The summed E-state index contributed by atoms with van der Waals surface area (Å²) in [5.74, 6) is -2.46. The Morgan fingerprint density at radius 1 is 1.12 bits per heavy atom. The molecule has 1 fully saturated rings. The van der Waals surface area contributed by atoms with Crippen molar-refractivity contribution in [3.8, 4) is 0 Å². The molecule has 2 N–H and O–H groups in total. The molecule has 1 saturated heterocycles. The molecule has 1 aliphatic heterocycles. The van der Waals surface area contributed by atoms with Crippen LogP contribution >= 0.6 is 0 Å². The molecule has 1 rings (SSSR count). The van der Waals surface area contributed by atoms with Crippen LogP contribution in [0, 0.1) is 0 Å². The van der Waals surface area contributed by atoms with Gasteiger partial charge in [-0.1, -0.05) is 0 Å². The van der Waals surface area contributed by atoms with Gasteiger partial charge >= 0.3 is 18.0 Å². The smallest absolute Gasteiger partial charge is 0.411 e. The molecule has 96 valence electrons. The van der Waals surface area contributed by atoms with E-state index in [2.05, 4.69) is 0 Å². The van der Waals surface area contributed by atoms with Gasteiger partial charge in [0.05, 0.1) is 0 Å². The third kappa shape index (κ3) is 2.86. The molecule has 0 aromatic rings. The minimum Gasteiger partial charge on any atom is -0.480 e. The molecular formula is C10H15NO6. The second-order valence-corrected chi connectivity index (χ2v) is 4.83. The number of nitrogens with zero attached hydrogens (tertiary/aromatic N) is 1. The van der Waals surface area contributed by atoms with Gasteiger partial charge in [0.15, 0.2) is 0 Å². The highest BCUT2D eigenvalue weighted by Crippen LogP contribution is 2.28. The second kappa shape index (κ2) is 4.23. The molecule has 0 unspecified atom stereocenters. The molecule has 7 heteroatoms. The van der Waals surface area contributed by atoms with Crippen molar-refractivity contribution in [3.63, 3.8) is 0 Å². The Bertz CT molecular complexity index is 338. The van der Waals surface area contributed by atoms with Crippen LogP contribution in [-0.2, 0) is 14.3 Å². The molecule has 0 aromatic carbocycles. The first-order valence-corrected chi connectivity index (χ1v) is 5.10. The minimum atomic E-state index is -1.23. The summed E-state index contributed by atoms with van der Waals surface area (Å²) in [6.45, 7) is 4.86. The van der Waals surface area contributed by atoms with Gasteiger partial charge in [0.25, 0.3) is 0 Å². The Labute approximate surface area is 98.0 Å². The van der Waals surface area contributed by atoms with Gasteiger partial charge in [0.1, 0.15) is 17.7 Å². The number of amides is 1. The molecule has 0 radical (unpaired) electrons. The van der Waals surface area contributed by atoms with Crippen molar-refractivity contribution in [3.05, 3.63) is 0 Å². The fraction of sp³-hybridized carbons (Fsp3) is 0.700. The monoisotopic (exact) mass is 245 g/mol. The van der Waals surface area contributed by atoms with Crippen molar-refractivity contribution < 1.29 is 29.3 Å². The van der Waals surface area contributed by atoms with Gasteiger partial charge in [-0.25, -0.2) is 14.4 Å². The van der Waals surface area contributed by atoms with Gasteiger partial charge in [-0.2, -0.15) is 0 Å². The number of hydrogen-bond acceptors (Lipinski definition) is 4. The fourth-order valence-corrected chi connectivity index (χ4v) is 1.53. The van der Waals surface area contributed by atoms with Crippen LogP contribution in [0.3, 0.4) is 0 Å². The highest BCUT2D eigenvalue weighted by atomic mass is 16.6. The Hall–Kier alpha value is -1.79. The van der Waals surface area contributed by atoms with Crippen LogP contribution in [-0.4, -0.2) is 50.8 Å². The van der Waals surface area contributed by atoms with Gasteiger partial charge in [-0.3, -0.25) is 4.90 Å². The predicted octanol–water partition coefficient (Wildman–Crippen LogP) is 0.534. The van der Waals surface area contributed by atoms with E-state index in [1.165, 1.54) is 0 Å². The number of aliphatic carboxylic acids is 2. The molecule has 0 aromatic heterocycles. The van der Waals surface area contributed by atoms with Crippen LogP contribution in [0.1, 0.15) is 27.2 Å². The molecule has 1 aliphatic rings. The van der Waals surface area contributed by atoms with E-state index in [-0.39, 0.29) is 6.42 Å². The number of carbonyl (C=O) groups is 3. The number of carbonyl (C=O) groups excluding carboxylic acids is 1. The SMILES string of the molecule is CC(C)(C)OC(=O)N1[C@@H](C(=O)O)C[C@@H]1C(=O)O. The number of ether oxygens (including phenoxy) is 1. The Balaban J connectivity index is 2.79. The van der Waals surface area contributed by atoms with Gasteiger partial charge < -0.3 is 14.9 Å². The number of carboxylic acid groups (broad SMARTS) is 2. The average Bonchev–Trinajstić information content (AvgIpc) is 1.94. The van der Waals surface area contributed by atoms with Crippen LogP contribution in [0.2, 0.25) is 0 Å². The maximum Gasteiger partial charge on any atom is 0.411 e. The van der Waals surface area contributed by atoms with Crippen molar-refractivity contribution in [2.24, 2.45) is 0 Å². The van der Waals surface area contributed by atoms with Crippen molar-refractivity contribution in [1.82, 2.24) is 4.90 Å². The normalized spacial score (nSPS) is 23.8. The summed E-state index contributed by atoms with van der Waals surface area (Å²) < 4.78 is 4.96. The van der Waals surface area contributed by atoms with Gasteiger partial charge in [0.2, 0.25) is 0 Å². The molecule has 0 aliphatic carbocycles. The number of carboxylic acids is 2. The fourth-order valence-electron chi connectivity index (χ4n) is 1.53. The molecule has 0 bridgehead atoms. The summed E-state index contributed by atoms with van der Waals surface area (Å²) >= 11 is 0. The lowest BCUT2D eigenvalue weighted by Crippen LogP contribution is -2.65. The first kappa shape index (κ1) is 13.3. The summed E-state index contributed by atoms with van der Waals surface area (Å²) in [6, 6.07) is -2.24. The molecule has 0 saturated carbocycles. The third-order valence-corrected chi connectivity index (χ3v) is 2.29. The zero-order chi connectivity index (χ0) is 13.4. The Kier molecular flexibility index (Phi) is 3.30. The quantitative estimate of drug-likeness (QED) is 0.735. The first-order valence-electron chi connectivity index (χ1n) is 5.10. The zero-order valence-corrected chi connectivity index (χ0v) is 9.84. The van der Waals surface area contributed by atoms with Crippen LogP contribution < -0.4 is 0 Å². The largest absolute Gasteiger partial charge is 0.480 e. The average molecular weight is 245 g/mol. The van der Waals surface area contributed by atoms with Gasteiger partial charge in [-0.15, -0.1) is 0 Å². The third-order valence-electron chi connectivity index (χ3n) is 2.29. The number of hydrogen-bond donors (Lipinski definition) is 2. The van der Waals surface area contributed by atoms with Crippen molar-refractivity contribution in [1.29, 1.82) is 0 Å². The lowest BCUT2D eigenvalue weighted by atomic mass is 9.93. The lowest BCUT2D eigenvalue weighted by Gasteiger charge is -2.43. The molecule has 1 amide bonds.